The summed E-state index contributed by atoms with van der Waals surface area (Å²) in [5.74, 6) is 1.03. The van der Waals surface area contributed by atoms with E-state index in [1.54, 1.807) is 12.0 Å². The highest BCUT2D eigenvalue weighted by atomic mass is 16.5. The van der Waals surface area contributed by atoms with E-state index in [1.165, 1.54) is 17.3 Å². The third-order valence-electron chi connectivity index (χ3n) is 5.47. The number of amides is 1. The van der Waals surface area contributed by atoms with Crippen molar-refractivity contribution < 1.29 is 9.53 Å². The van der Waals surface area contributed by atoms with Gasteiger partial charge in [-0.15, -0.1) is 0 Å². The van der Waals surface area contributed by atoms with E-state index in [0.29, 0.717) is 25.3 Å². The maximum Gasteiger partial charge on any atom is 0.272 e. The molecule has 1 amide bonds. The molecular weight excluding hydrogens is 392 g/mol. The Labute approximate surface area is 181 Å². The van der Waals surface area contributed by atoms with Crippen molar-refractivity contribution in [2.24, 2.45) is 0 Å². The lowest BCUT2D eigenvalue weighted by Gasteiger charge is -2.36. The first-order valence-corrected chi connectivity index (χ1v) is 10.4. The number of carbonyl (C=O) groups is 1. The van der Waals surface area contributed by atoms with E-state index >= 15 is 0 Å². The molecule has 0 aliphatic carbocycles. The van der Waals surface area contributed by atoms with Crippen molar-refractivity contribution in [2.45, 2.75) is 13.3 Å². The number of rotatable bonds is 5. The van der Waals surface area contributed by atoms with Crippen molar-refractivity contribution in [1.29, 1.82) is 0 Å². The van der Waals surface area contributed by atoms with Gasteiger partial charge in [0.25, 0.3) is 11.5 Å². The number of hydrogen-bond acceptors (Lipinski definition) is 5. The van der Waals surface area contributed by atoms with Crippen LogP contribution in [0.25, 0.3) is 0 Å². The summed E-state index contributed by atoms with van der Waals surface area (Å²) in [5, 5.41) is 0. The maximum atomic E-state index is 13.0. The van der Waals surface area contributed by atoms with Crippen molar-refractivity contribution in [3.63, 3.8) is 0 Å². The highest BCUT2D eigenvalue weighted by Crippen LogP contribution is 2.18. The average molecular weight is 418 g/mol. The van der Waals surface area contributed by atoms with E-state index < -0.39 is 0 Å². The summed E-state index contributed by atoms with van der Waals surface area (Å²) in [6.45, 7) is 4.75. The summed E-state index contributed by atoms with van der Waals surface area (Å²) in [6, 6.07) is 17.2. The number of carbonyl (C=O) groups excluding carboxylic acids is 1. The molecule has 1 aliphatic heterocycles. The SMILES string of the molecule is COc1ccc(Cc2nc(C(=O)N3CCN(c4cccc(C)c4)CC3)cc(=O)[nH]2)cc1. The fourth-order valence-corrected chi connectivity index (χ4v) is 3.79. The van der Waals surface area contributed by atoms with Crippen molar-refractivity contribution >= 4 is 11.6 Å². The Balaban J connectivity index is 1.44. The molecule has 0 radical (unpaired) electrons. The van der Waals surface area contributed by atoms with E-state index in [4.69, 9.17) is 4.74 Å². The highest BCUT2D eigenvalue weighted by molar-refractivity contribution is 5.92. The topological polar surface area (TPSA) is 78.5 Å². The number of piperazine rings is 1. The molecule has 31 heavy (non-hydrogen) atoms. The lowest BCUT2D eigenvalue weighted by Crippen LogP contribution is -2.49. The molecule has 1 aliphatic rings. The van der Waals surface area contributed by atoms with Crippen molar-refractivity contribution in [3.8, 4) is 5.75 Å². The van der Waals surface area contributed by atoms with Crippen LogP contribution in [0, 0.1) is 6.92 Å². The number of nitrogens with zero attached hydrogens (tertiary/aromatic N) is 3. The monoisotopic (exact) mass is 418 g/mol. The van der Waals surface area contributed by atoms with Gasteiger partial charge in [0.2, 0.25) is 0 Å². The van der Waals surface area contributed by atoms with Crippen LogP contribution in [-0.4, -0.2) is 54.1 Å². The fraction of sp³-hybridized carbons (Fsp3) is 0.292. The number of benzene rings is 2. The van der Waals surface area contributed by atoms with Gasteiger partial charge in [-0.25, -0.2) is 4.98 Å². The van der Waals surface area contributed by atoms with Gasteiger partial charge in [0.05, 0.1) is 7.11 Å². The lowest BCUT2D eigenvalue weighted by molar-refractivity contribution is 0.0740. The number of aromatic amines is 1. The van der Waals surface area contributed by atoms with Gasteiger partial charge in [-0.2, -0.15) is 0 Å². The van der Waals surface area contributed by atoms with Crippen molar-refractivity contribution in [1.82, 2.24) is 14.9 Å². The predicted molar refractivity (Wildman–Crippen MR) is 120 cm³/mol. The molecule has 2 aromatic carbocycles. The van der Waals surface area contributed by atoms with Crippen LogP contribution >= 0.6 is 0 Å². The molecule has 0 spiro atoms. The zero-order valence-electron chi connectivity index (χ0n) is 17.8. The second kappa shape index (κ2) is 9.04. The van der Waals surface area contributed by atoms with E-state index in [9.17, 15) is 9.59 Å². The minimum Gasteiger partial charge on any atom is -0.497 e. The van der Waals surface area contributed by atoms with Gasteiger partial charge in [0, 0.05) is 44.4 Å². The summed E-state index contributed by atoms with van der Waals surface area (Å²) < 4.78 is 5.17. The van der Waals surface area contributed by atoms with Crippen molar-refractivity contribution in [3.05, 3.63) is 87.6 Å². The minimum absolute atomic E-state index is 0.191. The second-order valence-corrected chi connectivity index (χ2v) is 7.72. The molecule has 0 unspecified atom stereocenters. The molecule has 1 saturated heterocycles. The molecule has 0 atom stereocenters. The molecule has 2 heterocycles. The number of methoxy groups -OCH3 is 1. The zero-order valence-corrected chi connectivity index (χ0v) is 17.8. The fourth-order valence-electron chi connectivity index (χ4n) is 3.79. The molecule has 160 valence electrons. The van der Waals surface area contributed by atoms with Crippen LogP contribution in [0.2, 0.25) is 0 Å². The Hall–Kier alpha value is -3.61. The highest BCUT2D eigenvalue weighted by Gasteiger charge is 2.24. The summed E-state index contributed by atoms with van der Waals surface area (Å²) in [5.41, 5.74) is 3.23. The number of nitrogens with one attached hydrogen (secondary N) is 1. The molecule has 1 aromatic heterocycles. The predicted octanol–water partition coefficient (Wildman–Crippen LogP) is 2.64. The standard InChI is InChI=1S/C24H26N4O3/c1-17-4-3-5-19(14-17)27-10-12-28(13-11-27)24(30)21-16-23(29)26-22(25-21)15-18-6-8-20(31-2)9-7-18/h3-9,14,16H,10-13,15H2,1-2H3,(H,25,26,29). The van der Waals surface area contributed by atoms with Crippen LogP contribution < -0.4 is 15.2 Å². The molecule has 7 heteroatoms. The smallest absolute Gasteiger partial charge is 0.272 e. The van der Waals surface area contributed by atoms with Gasteiger partial charge < -0.3 is 19.5 Å². The molecule has 1 N–H and O–H groups in total. The molecule has 0 saturated carbocycles. The quantitative estimate of drug-likeness (QED) is 0.689. The Morgan fingerprint density at radius 3 is 2.48 bits per heavy atom. The van der Waals surface area contributed by atoms with Gasteiger partial charge >= 0.3 is 0 Å². The lowest BCUT2D eigenvalue weighted by atomic mass is 10.1. The second-order valence-electron chi connectivity index (χ2n) is 7.72. The van der Waals surface area contributed by atoms with Crippen molar-refractivity contribution in [2.75, 3.05) is 38.2 Å². The Bertz CT molecular complexity index is 1120. The summed E-state index contributed by atoms with van der Waals surface area (Å²) >= 11 is 0. The van der Waals surface area contributed by atoms with Gasteiger partial charge in [0.15, 0.2) is 0 Å². The summed E-state index contributed by atoms with van der Waals surface area (Å²) in [4.78, 5) is 36.4. The third-order valence-corrected chi connectivity index (χ3v) is 5.47. The number of hydrogen-bond donors (Lipinski definition) is 1. The number of H-pyrrole nitrogens is 1. The number of aromatic nitrogens is 2. The van der Waals surface area contributed by atoms with E-state index in [1.807, 2.05) is 30.3 Å². The minimum atomic E-state index is -0.319. The van der Waals surface area contributed by atoms with Crippen LogP contribution in [0.5, 0.6) is 5.75 Å². The Kier molecular flexibility index (Phi) is 6.02. The van der Waals surface area contributed by atoms with E-state index in [0.717, 1.165) is 24.4 Å². The van der Waals surface area contributed by atoms with Gasteiger partial charge in [-0.3, -0.25) is 9.59 Å². The Morgan fingerprint density at radius 2 is 1.81 bits per heavy atom. The Morgan fingerprint density at radius 1 is 1.06 bits per heavy atom. The number of aryl methyl sites for hydroxylation is 1. The first-order valence-electron chi connectivity index (χ1n) is 10.4. The first kappa shape index (κ1) is 20.7. The molecule has 3 aromatic rings. The van der Waals surface area contributed by atoms with Gasteiger partial charge in [0.1, 0.15) is 17.3 Å². The summed E-state index contributed by atoms with van der Waals surface area (Å²) in [7, 11) is 1.61. The van der Waals surface area contributed by atoms with Crippen LogP contribution in [0.4, 0.5) is 5.69 Å². The van der Waals surface area contributed by atoms with Crippen LogP contribution in [0.3, 0.4) is 0 Å². The van der Waals surface area contributed by atoms with Crippen LogP contribution in [0.15, 0.2) is 59.4 Å². The van der Waals surface area contributed by atoms with Gasteiger partial charge in [-0.1, -0.05) is 24.3 Å². The summed E-state index contributed by atoms with van der Waals surface area (Å²) in [6.07, 6.45) is 0.432. The molecule has 1 fully saturated rings. The zero-order chi connectivity index (χ0) is 21.8. The average Bonchev–Trinajstić information content (AvgIpc) is 2.79. The van der Waals surface area contributed by atoms with Crippen LogP contribution in [0.1, 0.15) is 27.4 Å². The number of ether oxygens (including phenoxy) is 1. The largest absolute Gasteiger partial charge is 0.497 e. The molecular formula is C24H26N4O3. The third kappa shape index (κ3) is 4.94. The normalized spacial score (nSPS) is 13.9. The molecule has 7 nitrogen and oxygen atoms in total. The van der Waals surface area contributed by atoms with Crippen LogP contribution in [-0.2, 0) is 6.42 Å². The number of anilines is 1. The van der Waals surface area contributed by atoms with E-state index in [2.05, 4.69) is 40.0 Å². The maximum absolute atomic E-state index is 13.0. The van der Waals surface area contributed by atoms with E-state index in [-0.39, 0.29) is 17.2 Å². The molecule has 0 bridgehead atoms. The van der Waals surface area contributed by atoms with Gasteiger partial charge in [-0.05, 0) is 42.3 Å². The molecule has 4 rings (SSSR count). The first-order chi connectivity index (χ1) is 15.0.